The van der Waals surface area contributed by atoms with E-state index < -0.39 is 0 Å². The Hall–Kier alpha value is -1.87. The largest absolute Gasteiger partial charge is 0.363 e. The SMILES string of the molecule is CCn1ccnc(NC2CCN(CC#N)CC2)c1=O. The molecule has 6 heteroatoms. The van der Waals surface area contributed by atoms with Gasteiger partial charge in [-0.25, -0.2) is 4.98 Å². The van der Waals surface area contributed by atoms with Crippen LogP contribution in [-0.2, 0) is 6.54 Å². The lowest BCUT2D eigenvalue weighted by Gasteiger charge is -2.30. The lowest BCUT2D eigenvalue weighted by Crippen LogP contribution is -2.40. The normalized spacial score (nSPS) is 17.1. The first-order chi connectivity index (χ1) is 9.24. The standard InChI is InChI=1S/C13H19N5O/c1-2-18-10-6-15-12(13(18)19)16-11-3-7-17(8-4-11)9-5-14/h6,10-11H,2-4,7-9H2,1H3,(H,15,16). The van der Waals surface area contributed by atoms with Crippen LogP contribution in [0.4, 0.5) is 5.82 Å². The van der Waals surface area contributed by atoms with Crippen LogP contribution < -0.4 is 10.9 Å². The highest BCUT2D eigenvalue weighted by Gasteiger charge is 2.19. The van der Waals surface area contributed by atoms with E-state index in [1.165, 1.54) is 0 Å². The molecule has 2 heterocycles. The average molecular weight is 261 g/mol. The van der Waals surface area contributed by atoms with Crippen LogP contribution in [0.2, 0.25) is 0 Å². The third-order valence-corrected chi connectivity index (χ3v) is 3.48. The average Bonchev–Trinajstić information content (AvgIpc) is 2.43. The van der Waals surface area contributed by atoms with E-state index in [1.807, 2.05) is 6.92 Å². The zero-order valence-corrected chi connectivity index (χ0v) is 11.2. The van der Waals surface area contributed by atoms with Crippen molar-refractivity contribution in [3.8, 4) is 6.07 Å². The van der Waals surface area contributed by atoms with Crippen molar-refractivity contribution >= 4 is 5.82 Å². The molecule has 19 heavy (non-hydrogen) atoms. The number of anilines is 1. The zero-order chi connectivity index (χ0) is 13.7. The van der Waals surface area contributed by atoms with Crippen LogP contribution in [0.15, 0.2) is 17.2 Å². The van der Waals surface area contributed by atoms with Crippen LogP contribution in [0, 0.1) is 11.3 Å². The molecule has 0 radical (unpaired) electrons. The van der Waals surface area contributed by atoms with Gasteiger partial charge in [0, 0.05) is 38.1 Å². The third kappa shape index (κ3) is 3.32. The van der Waals surface area contributed by atoms with Gasteiger partial charge in [-0.1, -0.05) is 0 Å². The van der Waals surface area contributed by atoms with Gasteiger partial charge in [-0.05, 0) is 19.8 Å². The molecular weight excluding hydrogens is 242 g/mol. The molecule has 1 aromatic rings. The first kappa shape index (κ1) is 13.6. The second-order valence-corrected chi connectivity index (χ2v) is 4.72. The number of nitriles is 1. The zero-order valence-electron chi connectivity index (χ0n) is 11.2. The summed E-state index contributed by atoms with van der Waals surface area (Å²) < 4.78 is 1.64. The summed E-state index contributed by atoms with van der Waals surface area (Å²) in [7, 11) is 0. The van der Waals surface area contributed by atoms with Crippen molar-refractivity contribution in [2.45, 2.75) is 32.4 Å². The third-order valence-electron chi connectivity index (χ3n) is 3.48. The van der Waals surface area contributed by atoms with Gasteiger partial charge in [0.1, 0.15) is 0 Å². The molecule has 0 aliphatic carbocycles. The van der Waals surface area contributed by atoms with Gasteiger partial charge in [0.05, 0.1) is 12.6 Å². The van der Waals surface area contributed by atoms with Gasteiger partial charge in [0.25, 0.3) is 5.56 Å². The number of nitrogens with zero attached hydrogens (tertiary/aromatic N) is 4. The first-order valence-corrected chi connectivity index (χ1v) is 6.66. The van der Waals surface area contributed by atoms with Gasteiger partial charge < -0.3 is 9.88 Å². The molecule has 1 fully saturated rings. The van der Waals surface area contributed by atoms with Crippen molar-refractivity contribution in [3.05, 3.63) is 22.7 Å². The lowest BCUT2D eigenvalue weighted by atomic mass is 10.1. The number of aromatic nitrogens is 2. The van der Waals surface area contributed by atoms with Crippen molar-refractivity contribution in [2.75, 3.05) is 25.0 Å². The van der Waals surface area contributed by atoms with Crippen LogP contribution in [0.5, 0.6) is 0 Å². The summed E-state index contributed by atoms with van der Waals surface area (Å²) in [6, 6.07) is 2.43. The molecule has 2 rings (SSSR count). The quantitative estimate of drug-likeness (QED) is 0.806. The fourth-order valence-corrected chi connectivity index (χ4v) is 2.32. The van der Waals surface area contributed by atoms with E-state index in [2.05, 4.69) is 21.3 Å². The number of piperidine rings is 1. The predicted octanol–water partition coefficient (Wildman–Crippen LogP) is 0.663. The van der Waals surface area contributed by atoms with Crippen molar-refractivity contribution in [3.63, 3.8) is 0 Å². The molecule has 1 aliphatic heterocycles. The van der Waals surface area contributed by atoms with Gasteiger partial charge >= 0.3 is 0 Å². The number of hydrogen-bond acceptors (Lipinski definition) is 5. The van der Waals surface area contributed by atoms with E-state index in [0.29, 0.717) is 18.9 Å². The summed E-state index contributed by atoms with van der Waals surface area (Å²) in [5, 5.41) is 11.9. The topological polar surface area (TPSA) is 74.0 Å². The van der Waals surface area contributed by atoms with Crippen LogP contribution in [-0.4, -0.2) is 40.1 Å². The van der Waals surface area contributed by atoms with Crippen molar-refractivity contribution in [1.82, 2.24) is 14.5 Å². The monoisotopic (exact) mass is 261 g/mol. The summed E-state index contributed by atoms with van der Waals surface area (Å²) in [4.78, 5) is 18.3. The predicted molar refractivity (Wildman–Crippen MR) is 72.9 cm³/mol. The lowest BCUT2D eigenvalue weighted by molar-refractivity contribution is 0.242. The molecule has 0 atom stereocenters. The number of aryl methyl sites for hydroxylation is 1. The summed E-state index contributed by atoms with van der Waals surface area (Å²) in [5.74, 6) is 0.433. The van der Waals surface area contributed by atoms with Gasteiger partial charge in [-0.15, -0.1) is 0 Å². The Morgan fingerprint density at radius 3 is 2.89 bits per heavy atom. The molecule has 0 aromatic carbocycles. The molecule has 6 nitrogen and oxygen atoms in total. The fraction of sp³-hybridized carbons (Fsp3) is 0.615. The molecule has 0 bridgehead atoms. The van der Waals surface area contributed by atoms with E-state index in [4.69, 9.17) is 5.26 Å². The minimum atomic E-state index is -0.0653. The molecule has 1 N–H and O–H groups in total. The highest BCUT2D eigenvalue weighted by atomic mass is 16.1. The van der Waals surface area contributed by atoms with E-state index >= 15 is 0 Å². The van der Waals surface area contributed by atoms with E-state index in [-0.39, 0.29) is 11.6 Å². The second kappa shape index (κ2) is 6.34. The van der Waals surface area contributed by atoms with Gasteiger partial charge in [0.15, 0.2) is 5.82 Å². The minimum absolute atomic E-state index is 0.0653. The maximum Gasteiger partial charge on any atom is 0.293 e. The molecule has 0 saturated carbocycles. The van der Waals surface area contributed by atoms with E-state index in [9.17, 15) is 4.79 Å². The van der Waals surface area contributed by atoms with Crippen molar-refractivity contribution < 1.29 is 0 Å². The van der Waals surface area contributed by atoms with Crippen molar-refractivity contribution in [2.24, 2.45) is 0 Å². The Bertz CT molecular complexity index is 511. The summed E-state index contributed by atoms with van der Waals surface area (Å²) in [6.45, 7) is 4.85. The van der Waals surface area contributed by atoms with E-state index in [0.717, 1.165) is 25.9 Å². The molecule has 1 saturated heterocycles. The maximum atomic E-state index is 12.0. The molecule has 1 aromatic heterocycles. The molecule has 1 aliphatic rings. The highest BCUT2D eigenvalue weighted by Crippen LogP contribution is 2.12. The maximum absolute atomic E-state index is 12.0. The molecule has 0 unspecified atom stereocenters. The van der Waals surface area contributed by atoms with Gasteiger partial charge in [-0.2, -0.15) is 5.26 Å². The summed E-state index contributed by atoms with van der Waals surface area (Å²) in [6.07, 6.45) is 5.22. The van der Waals surface area contributed by atoms with Crippen LogP contribution in [0.3, 0.4) is 0 Å². The number of likely N-dealkylation sites (tertiary alicyclic amines) is 1. The van der Waals surface area contributed by atoms with E-state index in [1.54, 1.807) is 17.0 Å². The van der Waals surface area contributed by atoms with Crippen LogP contribution in [0.25, 0.3) is 0 Å². The molecule has 0 amide bonds. The van der Waals surface area contributed by atoms with Crippen molar-refractivity contribution in [1.29, 1.82) is 5.26 Å². The van der Waals surface area contributed by atoms with Gasteiger partial charge in [0.2, 0.25) is 0 Å². The Labute approximate surface area is 112 Å². The number of rotatable bonds is 4. The Balaban J connectivity index is 1.96. The van der Waals surface area contributed by atoms with Gasteiger partial charge in [-0.3, -0.25) is 9.69 Å². The Morgan fingerprint density at radius 1 is 1.53 bits per heavy atom. The van der Waals surface area contributed by atoms with Crippen LogP contribution >= 0.6 is 0 Å². The minimum Gasteiger partial charge on any atom is -0.363 e. The smallest absolute Gasteiger partial charge is 0.293 e. The number of nitrogens with one attached hydrogen (secondary N) is 1. The fourth-order valence-electron chi connectivity index (χ4n) is 2.32. The first-order valence-electron chi connectivity index (χ1n) is 6.66. The summed E-state index contributed by atoms with van der Waals surface area (Å²) >= 11 is 0. The molecule has 102 valence electrons. The molecule has 0 spiro atoms. The number of hydrogen-bond donors (Lipinski definition) is 1. The Morgan fingerprint density at radius 2 is 2.26 bits per heavy atom. The second-order valence-electron chi connectivity index (χ2n) is 4.72. The van der Waals surface area contributed by atoms with Crippen LogP contribution in [0.1, 0.15) is 19.8 Å². The Kier molecular flexibility index (Phi) is 4.53. The molecular formula is C13H19N5O. The highest BCUT2D eigenvalue weighted by molar-refractivity contribution is 5.32. The summed E-state index contributed by atoms with van der Waals surface area (Å²) in [5.41, 5.74) is -0.0653.